The van der Waals surface area contributed by atoms with Crippen LogP contribution in [0.25, 0.3) is 11.6 Å². The molecule has 0 aliphatic rings. The number of carbonyl (C=O) groups excluding carboxylic acids is 1. The highest BCUT2D eigenvalue weighted by Gasteiger charge is 2.22. The van der Waals surface area contributed by atoms with Gasteiger partial charge in [0.1, 0.15) is 11.9 Å². The number of benzene rings is 2. The molecule has 176 valence electrons. The Bertz CT molecular complexity index is 1380. The van der Waals surface area contributed by atoms with Gasteiger partial charge in [0.05, 0.1) is 18.6 Å². The molecule has 0 aliphatic carbocycles. The van der Waals surface area contributed by atoms with Crippen LogP contribution in [-0.2, 0) is 18.4 Å². The van der Waals surface area contributed by atoms with Crippen molar-refractivity contribution in [2.45, 2.75) is 17.7 Å². The monoisotopic (exact) mass is 484 g/mol. The number of rotatable bonds is 9. The van der Waals surface area contributed by atoms with Crippen LogP contribution in [-0.4, -0.2) is 36.0 Å². The first-order valence-electron chi connectivity index (χ1n) is 11.1. The first kappa shape index (κ1) is 22.7. The maximum Gasteiger partial charge on any atom is 0.231 e. The van der Waals surface area contributed by atoms with Crippen LogP contribution in [0.15, 0.2) is 101 Å². The highest BCUT2D eigenvalue weighted by molar-refractivity contribution is 7.99. The molecular weight excluding hydrogens is 460 g/mol. The van der Waals surface area contributed by atoms with Gasteiger partial charge in [0, 0.05) is 19.4 Å². The average Bonchev–Trinajstić information content (AvgIpc) is 3.64. The van der Waals surface area contributed by atoms with Gasteiger partial charge in [-0.2, -0.15) is 0 Å². The number of thioether (sulfide) groups is 1. The van der Waals surface area contributed by atoms with Crippen LogP contribution in [0.2, 0.25) is 0 Å². The Morgan fingerprint density at radius 3 is 2.49 bits per heavy atom. The molecule has 0 radical (unpaired) electrons. The third kappa shape index (κ3) is 5.20. The summed E-state index contributed by atoms with van der Waals surface area (Å²) in [6.07, 6.45) is 5.21. The molecule has 8 nitrogen and oxygen atoms in total. The summed E-state index contributed by atoms with van der Waals surface area (Å²) in [6, 6.07) is 23.2. The number of nitrogens with zero attached hydrogens (tertiary/aromatic N) is 5. The van der Waals surface area contributed by atoms with E-state index in [1.165, 1.54) is 11.8 Å². The molecule has 0 saturated heterocycles. The standard InChI is InChI=1S/C26H24N6O2S/c1-31-15-14-27-25(31)23(20-11-6-3-7-12-20)28-22(33)18-35-26-30-29-24(21-13-8-16-34-21)32(26)17-19-9-4-2-5-10-19/h2-16,23H,17-18H2,1H3,(H,28,33). The van der Waals surface area contributed by atoms with E-state index in [2.05, 4.69) is 20.5 Å². The molecular formula is C26H24N6O2S. The molecule has 3 aromatic heterocycles. The lowest BCUT2D eigenvalue weighted by atomic mass is 10.1. The van der Waals surface area contributed by atoms with Gasteiger partial charge in [-0.1, -0.05) is 72.4 Å². The minimum atomic E-state index is -0.356. The highest BCUT2D eigenvalue weighted by atomic mass is 32.2. The summed E-state index contributed by atoms with van der Waals surface area (Å²) in [5.41, 5.74) is 2.07. The molecule has 0 spiro atoms. The number of furan rings is 1. The molecule has 9 heteroatoms. The SMILES string of the molecule is Cn1ccnc1C(NC(=O)CSc1nnc(-c2ccco2)n1Cc1ccccc1)c1ccccc1. The summed E-state index contributed by atoms with van der Waals surface area (Å²) in [5.74, 6) is 2.07. The summed E-state index contributed by atoms with van der Waals surface area (Å²) < 4.78 is 9.46. The van der Waals surface area contributed by atoms with E-state index in [1.807, 2.05) is 95.2 Å². The zero-order chi connectivity index (χ0) is 24.0. The van der Waals surface area contributed by atoms with Gasteiger partial charge in [0.2, 0.25) is 11.7 Å². The van der Waals surface area contributed by atoms with Crippen LogP contribution >= 0.6 is 11.8 Å². The van der Waals surface area contributed by atoms with Crippen molar-refractivity contribution in [1.82, 2.24) is 29.6 Å². The minimum absolute atomic E-state index is 0.124. The number of imidazole rings is 1. The number of hydrogen-bond donors (Lipinski definition) is 1. The minimum Gasteiger partial charge on any atom is -0.461 e. The molecule has 1 N–H and O–H groups in total. The van der Waals surface area contributed by atoms with Gasteiger partial charge >= 0.3 is 0 Å². The lowest BCUT2D eigenvalue weighted by Gasteiger charge is -2.19. The molecule has 35 heavy (non-hydrogen) atoms. The summed E-state index contributed by atoms with van der Waals surface area (Å²) in [5, 5.41) is 12.5. The normalized spacial score (nSPS) is 11.9. The molecule has 0 fully saturated rings. The number of aryl methyl sites for hydroxylation is 1. The van der Waals surface area contributed by atoms with Crippen LogP contribution in [0.1, 0.15) is 23.0 Å². The molecule has 1 unspecified atom stereocenters. The molecule has 5 rings (SSSR count). The van der Waals surface area contributed by atoms with Crippen LogP contribution in [0.4, 0.5) is 0 Å². The Labute approximate surface area is 207 Å². The summed E-state index contributed by atoms with van der Waals surface area (Å²) in [6.45, 7) is 0.563. The van der Waals surface area contributed by atoms with Crippen LogP contribution in [0.5, 0.6) is 0 Å². The van der Waals surface area contributed by atoms with Crippen molar-refractivity contribution >= 4 is 17.7 Å². The van der Waals surface area contributed by atoms with Crippen LogP contribution in [0, 0.1) is 0 Å². The number of carbonyl (C=O) groups is 1. The van der Waals surface area contributed by atoms with Gasteiger partial charge in [-0.25, -0.2) is 4.98 Å². The summed E-state index contributed by atoms with van der Waals surface area (Å²) >= 11 is 1.34. The van der Waals surface area contributed by atoms with E-state index in [0.29, 0.717) is 23.3 Å². The Morgan fingerprint density at radius 1 is 1.03 bits per heavy atom. The van der Waals surface area contributed by atoms with Crippen molar-refractivity contribution in [3.8, 4) is 11.6 Å². The predicted octanol–water partition coefficient (Wildman–Crippen LogP) is 4.32. The fourth-order valence-corrected chi connectivity index (χ4v) is 4.57. The summed E-state index contributed by atoms with van der Waals surface area (Å²) in [7, 11) is 1.92. The Kier molecular flexibility index (Phi) is 6.76. The molecule has 2 aromatic carbocycles. The second kappa shape index (κ2) is 10.4. The van der Waals surface area contributed by atoms with Crippen molar-refractivity contribution in [3.63, 3.8) is 0 Å². The maximum absolute atomic E-state index is 13.1. The Morgan fingerprint density at radius 2 is 1.80 bits per heavy atom. The van der Waals surface area contributed by atoms with E-state index in [4.69, 9.17) is 4.42 Å². The van der Waals surface area contributed by atoms with Gasteiger partial charge in [-0.3, -0.25) is 9.36 Å². The van der Waals surface area contributed by atoms with E-state index < -0.39 is 0 Å². The predicted molar refractivity (Wildman–Crippen MR) is 134 cm³/mol. The second-order valence-corrected chi connectivity index (χ2v) is 8.89. The number of amides is 1. The summed E-state index contributed by atoms with van der Waals surface area (Å²) in [4.78, 5) is 17.5. The van der Waals surface area contributed by atoms with E-state index in [-0.39, 0.29) is 17.7 Å². The smallest absolute Gasteiger partial charge is 0.231 e. The van der Waals surface area contributed by atoms with Crippen LogP contribution in [0.3, 0.4) is 0 Å². The van der Waals surface area contributed by atoms with E-state index in [9.17, 15) is 4.79 Å². The first-order chi connectivity index (χ1) is 17.2. The van der Waals surface area contributed by atoms with Gasteiger partial charge < -0.3 is 14.3 Å². The maximum atomic E-state index is 13.1. The third-order valence-corrected chi connectivity index (χ3v) is 6.50. The number of nitrogens with one attached hydrogen (secondary N) is 1. The number of aromatic nitrogens is 5. The first-order valence-corrected chi connectivity index (χ1v) is 12.1. The van der Waals surface area contributed by atoms with Crippen molar-refractivity contribution in [3.05, 3.63) is 108 Å². The van der Waals surface area contributed by atoms with Gasteiger partial charge in [-0.15, -0.1) is 10.2 Å². The van der Waals surface area contributed by atoms with Crippen molar-refractivity contribution in [1.29, 1.82) is 0 Å². The zero-order valence-electron chi connectivity index (χ0n) is 19.1. The molecule has 1 atom stereocenters. The van der Waals surface area contributed by atoms with Crippen molar-refractivity contribution < 1.29 is 9.21 Å². The quantitative estimate of drug-likeness (QED) is 0.314. The fourth-order valence-electron chi connectivity index (χ4n) is 3.82. The topological polar surface area (TPSA) is 90.8 Å². The van der Waals surface area contributed by atoms with Gasteiger partial charge in [-0.05, 0) is 23.3 Å². The van der Waals surface area contributed by atoms with Gasteiger partial charge in [0.15, 0.2) is 10.9 Å². The highest BCUT2D eigenvalue weighted by Crippen LogP contribution is 2.26. The average molecular weight is 485 g/mol. The Balaban J connectivity index is 1.35. The Hall–Kier alpha value is -4.11. The lowest BCUT2D eigenvalue weighted by Crippen LogP contribution is -2.32. The second-order valence-electron chi connectivity index (χ2n) is 7.95. The van der Waals surface area contributed by atoms with Crippen LogP contribution < -0.4 is 5.32 Å². The van der Waals surface area contributed by atoms with E-state index in [0.717, 1.165) is 17.0 Å². The van der Waals surface area contributed by atoms with Gasteiger partial charge in [0.25, 0.3) is 0 Å². The van der Waals surface area contributed by atoms with Crippen molar-refractivity contribution in [2.24, 2.45) is 7.05 Å². The molecule has 0 saturated carbocycles. The van der Waals surface area contributed by atoms with Crippen molar-refractivity contribution in [2.75, 3.05) is 5.75 Å². The largest absolute Gasteiger partial charge is 0.461 e. The van der Waals surface area contributed by atoms with E-state index >= 15 is 0 Å². The number of hydrogen-bond acceptors (Lipinski definition) is 6. The molecule has 0 bridgehead atoms. The molecule has 0 aliphatic heterocycles. The molecule has 5 aromatic rings. The third-order valence-electron chi connectivity index (χ3n) is 5.53. The fraction of sp³-hybridized carbons (Fsp3) is 0.154. The van der Waals surface area contributed by atoms with E-state index in [1.54, 1.807) is 12.5 Å². The molecule has 3 heterocycles. The zero-order valence-corrected chi connectivity index (χ0v) is 19.9. The lowest BCUT2D eigenvalue weighted by molar-refractivity contribution is -0.119. The molecule has 1 amide bonds.